The van der Waals surface area contributed by atoms with Crippen LogP contribution in [0, 0.1) is 11.6 Å². The first-order valence-corrected chi connectivity index (χ1v) is 8.36. The molecule has 0 fully saturated rings. The largest absolute Gasteiger partial charge is 0.372 e. The van der Waals surface area contributed by atoms with Crippen LogP contribution >= 0.6 is 11.6 Å². The van der Waals surface area contributed by atoms with E-state index in [0.29, 0.717) is 17.0 Å². The average molecular weight is 384 g/mol. The topological polar surface area (TPSA) is 63.6 Å². The number of hydrogen-bond acceptors (Lipinski definition) is 5. The lowest BCUT2D eigenvalue weighted by Gasteiger charge is -2.12. The van der Waals surface area contributed by atoms with E-state index >= 15 is 4.39 Å². The number of rotatable bonds is 3. The summed E-state index contributed by atoms with van der Waals surface area (Å²) in [5.74, 6) is -0.490. The monoisotopic (exact) mass is 383 g/mol. The third-order valence-corrected chi connectivity index (χ3v) is 4.38. The van der Waals surface area contributed by atoms with Crippen molar-refractivity contribution in [2.24, 2.45) is 0 Å². The minimum Gasteiger partial charge on any atom is -0.372 e. The zero-order chi connectivity index (χ0) is 19.0. The van der Waals surface area contributed by atoms with E-state index in [9.17, 15) is 4.39 Å². The van der Waals surface area contributed by atoms with Crippen LogP contribution in [0.25, 0.3) is 33.5 Å². The molecular formula is C19H12ClF2N5. The molecule has 2 aromatic carbocycles. The molecular weight excluding hydrogens is 372 g/mol. The zero-order valence-corrected chi connectivity index (χ0v) is 14.8. The lowest BCUT2D eigenvalue weighted by Crippen LogP contribution is -2.02. The molecule has 0 atom stereocenters. The summed E-state index contributed by atoms with van der Waals surface area (Å²) in [6.07, 6.45) is 4.59. The normalized spacial score (nSPS) is 11.0. The number of halogens is 3. The van der Waals surface area contributed by atoms with E-state index in [2.05, 4.69) is 25.3 Å². The molecule has 0 aliphatic carbocycles. The summed E-state index contributed by atoms with van der Waals surface area (Å²) in [6.45, 7) is 0. The average Bonchev–Trinajstić information content (AvgIpc) is 2.70. The Morgan fingerprint density at radius 2 is 1.85 bits per heavy atom. The Labute approximate surface area is 158 Å². The Morgan fingerprint density at radius 3 is 2.59 bits per heavy atom. The first-order chi connectivity index (χ1) is 13.1. The molecule has 0 aliphatic rings. The van der Waals surface area contributed by atoms with Crippen molar-refractivity contribution in [1.29, 1.82) is 0 Å². The second-order valence-electron chi connectivity index (χ2n) is 5.68. The van der Waals surface area contributed by atoms with Gasteiger partial charge in [0, 0.05) is 35.6 Å². The number of hydrogen-bond donors (Lipinski definition) is 1. The van der Waals surface area contributed by atoms with Crippen molar-refractivity contribution in [3.63, 3.8) is 0 Å². The summed E-state index contributed by atoms with van der Waals surface area (Å²) in [5, 5.41) is 3.31. The molecule has 134 valence electrons. The van der Waals surface area contributed by atoms with E-state index < -0.39 is 11.6 Å². The van der Waals surface area contributed by atoms with E-state index in [4.69, 9.17) is 11.6 Å². The van der Waals surface area contributed by atoms with E-state index in [1.54, 1.807) is 13.1 Å². The molecule has 0 saturated heterocycles. The molecule has 0 saturated carbocycles. The Morgan fingerprint density at radius 1 is 1.00 bits per heavy atom. The molecule has 4 rings (SSSR count). The van der Waals surface area contributed by atoms with Crippen LogP contribution in [0.2, 0.25) is 5.02 Å². The van der Waals surface area contributed by atoms with Gasteiger partial charge < -0.3 is 5.32 Å². The van der Waals surface area contributed by atoms with Crippen LogP contribution in [0.1, 0.15) is 0 Å². The molecule has 2 heterocycles. The van der Waals surface area contributed by atoms with Crippen LogP contribution in [-0.2, 0) is 0 Å². The summed E-state index contributed by atoms with van der Waals surface area (Å²) in [6, 6.07) is 6.96. The zero-order valence-electron chi connectivity index (χ0n) is 14.0. The highest BCUT2D eigenvalue weighted by Gasteiger charge is 2.18. The first kappa shape index (κ1) is 17.2. The van der Waals surface area contributed by atoms with E-state index in [-0.39, 0.29) is 27.4 Å². The van der Waals surface area contributed by atoms with E-state index in [0.717, 1.165) is 0 Å². The summed E-state index contributed by atoms with van der Waals surface area (Å²) in [4.78, 5) is 16.9. The Hall–Kier alpha value is -3.19. The van der Waals surface area contributed by atoms with E-state index in [1.807, 2.05) is 0 Å². The third kappa shape index (κ3) is 3.06. The molecule has 0 aliphatic heterocycles. The molecule has 0 amide bonds. The molecule has 2 aromatic heterocycles. The molecule has 0 radical (unpaired) electrons. The quantitative estimate of drug-likeness (QED) is 0.554. The minimum absolute atomic E-state index is 0.166. The van der Waals surface area contributed by atoms with Crippen LogP contribution in [0.15, 0.2) is 48.9 Å². The summed E-state index contributed by atoms with van der Waals surface area (Å²) < 4.78 is 29.0. The third-order valence-electron chi connectivity index (χ3n) is 4.05. The minimum atomic E-state index is -0.588. The fourth-order valence-electron chi connectivity index (χ4n) is 2.81. The maximum Gasteiger partial charge on any atom is 0.182 e. The second-order valence-corrected chi connectivity index (χ2v) is 6.09. The lowest BCUT2D eigenvalue weighted by molar-refractivity contribution is 0.627. The summed E-state index contributed by atoms with van der Waals surface area (Å²) >= 11 is 6.14. The standard InChI is InChI=1S/C19H12ClF2N5/c1-23-19-16-14(26-18(27-19)15-9-24-6-7-25-15)5-3-11(17(16)22)12-8-10(21)2-4-13(12)20/h2-9H,1H3,(H,23,26,27). The van der Waals surface area contributed by atoms with Crippen LogP contribution in [0.4, 0.5) is 14.6 Å². The molecule has 0 unspecified atom stereocenters. The molecule has 4 aromatic rings. The molecule has 0 bridgehead atoms. The summed E-state index contributed by atoms with van der Waals surface area (Å²) in [7, 11) is 1.63. The van der Waals surface area contributed by atoms with Gasteiger partial charge in [-0.1, -0.05) is 11.6 Å². The first-order valence-electron chi connectivity index (χ1n) is 7.98. The van der Waals surface area contributed by atoms with Gasteiger partial charge >= 0.3 is 0 Å². The highest BCUT2D eigenvalue weighted by atomic mass is 35.5. The van der Waals surface area contributed by atoms with Gasteiger partial charge in [-0.2, -0.15) is 0 Å². The number of benzene rings is 2. The van der Waals surface area contributed by atoms with Crippen molar-refractivity contribution in [3.8, 4) is 22.6 Å². The second kappa shape index (κ2) is 6.85. The number of aromatic nitrogens is 4. The van der Waals surface area contributed by atoms with Crippen LogP contribution < -0.4 is 5.32 Å². The van der Waals surface area contributed by atoms with Gasteiger partial charge in [0.25, 0.3) is 0 Å². The lowest BCUT2D eigenvalue weighted by atomic mass is 10.0. The Balaban J connectivity index is 1.97. The van der Waals surface area contributed by atoms with Gasteiger partial charge in [0.15, 0.2) is 5.82 Å². The predicted octanol–water partition coefficient (Wildman–Crippen LogP) is 4.73. The Bertz CT molecular complexity index is 1150. The number of fused-ring (bicyclic) bond motifs is 1. The smallest absolute Gasteiger partial charge is 0.182 e. The number of anilines is 1. The van der Waals surface area contributed by atoms with Gasteiger partial charge in [0.1, 0.15) is 23.1 Å². The van der Waals surface area contributed by atoms with Crippen molar-refractivity contribution < 1.29 is 8.78 Å². The van der Waals surface area contributed by atoms with Crippen molar-refractivity contribution >= 4 is 28.3 Å². The van der Waals surface area contributed by atoms with Gasteiger partial charge in [-0.25, -0.2) is 23.7 Å². The van der Waals surface area contributed by atoms with Crippen molar-refractivity contribution in [2.45, 2.75) is 0 Å². The van der Waals surface area contributed by atoms with Gasteiger partial charge in [0.2, 0.25) is 0 Å². The predicted molar refractivity (Wildman–Crippen MR) is 100 cm³/mol. The number of nitrogens with zero attached hydrogens (tertiary/aromatic N) is 4. The highest BCUT2D eigenvalue weighted by Crippen LogP contribution is 2.36. The SMILES string of the molecule is CNc1nc(-c2cnccn2)nc2ccc(-c3cc(F)ccc3Cl)c(F)c12. The molecule has 8 heteroatoms. The maximum atomic E-state index is 15.3. The van der Waals surface area contributed by atoms with Gasteiger partial charge in [-0.05, 0) is 30.3 Å². The Kier molecular flexibility index (Phi) is 4.37. The van der Waals surface area contributed by atoms with Crippen molar-refractivity contribution in [3.05, 3.63) is 65.6 Å². The molecule has 0 spiro atoms. The molecule has 5 nitrogen and oxygen atoms in total. The fourth-order valence-corrected chi connectivity index (χ4v) is 3.03. The number of nitrogens with one attached hydrogen (secondary N) is 1. The van der Waals surface area contributed by atoms with Gasteiger partial charge in [-0.15, -0.1) is 0 Å². The fraction of sp³-hybridized carbons (Fsp3) is 0.0526. The summed E-state index contributed by atoms with van der Waals surface area (Å²) in [5.41, 5.74) is 1.27. The van der Waals surface area contributed by atoms with Crippen LogP contribution in [0.5, 0.6) is 0 Å². The van der Waals surface area contributed by atoms with Crippen LogP contribution in [0.3, 0.4) is 0 Å². The highest BCUT2D eigenvalue weighted by molar-refractivity contribution is 6.33. The van der Waals surface area contributed by atoms with Crippen LogP contribution in [-0.4, -0.2) is 27.0 Å². The molecule has 1 N–H and O–H groups in total. The van der Waals surface area contributed by atoms with Crippen molar-refractivity contribution in [1.82, 2.24) is 19.9 Å². The van der Waals surface area contributed by atoms with Crippen molar-refractivity contribution in [2.75, 3.05) is 12.4 Å². The van der Waals surface area contributed by atoms with Gasteiger partial charge in [-0.3, -0.25) is 4.98 Å². The maximum absolute atomic E-state index is 15.3. The van der Waals surface area contributed by atoms with Gasteiger partial charge in [0.05, 0.1) is 17.1 Å². The molecule has 27 heavy (non-hydrogen) atoms. The van der Waals surface area contributed by atoms with E-state index in [1.165, 1.54) is 42.9 Å².